The van der Waals surface area contributed by atoms with Gasteiger partial charge in [0.1, 0.15) is 5.65 Å². The highest BCUT2D eigenvalue weighted by Gasteiger charge is 2.23. The third kappa shape index (κ3) is 2.97. The van der Waals surface area contributed by atoms with Crippen LogP contribution in [-0.4, -0.2) is 28.8 Å². The van der Waals surface area contributed by atoms with E-state index in [-0.39, 0.29) is 0 Å². The van der Waals surface area contributed by atoms with Crippen molar-refractivity contribution in [2.75, 3.05) is 14.2 Å². The number of benzene rings is 1. The molecule has 29 heavy (non-hydrogen) atoms. The summed E-state index contributed by atoms with van der Waals surface area (Å²) in [4.78, 5) is 8.90. The topological polar surface area (TPSA) is 73.0 Å². The number of aromatic nitrogens is 3. The number of methoxy groups -OCH3 is 2. The van der Waals surface area contributed by atoms with Gasteiger partial charge in [-0.1, -0.05) is 6.07 Å². The van der Waals surface area contributed by atoms with Gasteiger partial charge in [0.2, 0.25) is 0 Å². The molecule has 4 rings (SSSR count). The number of ether oxygens (including phenoxy) is 2. The molecule has 3 heterocycles. The summed E-state index contributed by atoms with van der Waals surface area (Å²) >= 11 is 0. The largest absolute Gasteiger partial charge is 0.493 e. The van der Waals surface area contributed by atoms with Crippen molar-refractivity contribution in [3.8, 4) is 40.0 Å². The summed E-state index contributed by atoms with van der Waals surface area (Å²) in [5.41, 5.74) is 5.14. The van der Waals surface area contributed by atoms with Gasteiger partial charge in [0, 0.05) is 47.2 Å². The van der Waals surface area contributed by atoms with Crippen molar-refractivity contribution in [3.05, 3.63) is 60.6 Å². The number of nitrogens with zero attached hydrogens (tertiary/aromatic N) is 4. The van der Waals surface area contributed by atoms with Crippen LogP contribution in [0.2, 0.25) is 0 Å². The van der Waals surface area contributed by atoms with E-state index in [4.69, 9.17) is 9.47 Å². The minimum atomic E-state index is 0.586. The van der Waals surface area contributed by atoms with Crippen molar-refractivity contribution in [2.45, 2.75) is 13.5 Å². The molecule has 0 bridgehead atoms. The number of nitriles is 1. The van der Waals surface area contributed by atoms with Gasteiger partial charge in [-0.2, -0.15) is 5.26 Å². The first-order valence-electron chi connectivity index (χ1n) is 9.27. The van der Waals surface area contributed by atoms with Crippen LogP contribution in [0.5, 0.6) is 11.5 Å². The molecule has 0 saturated heterocycles. The Balaban J connectivity index is 2.15. The van der Waals surface area contributed by atoms with E-state index in [0.717, 1.165) is 33.4 Å². The first-order valence-corrected chi connectivity index (χ1v) is 9.27. The maximum atomic E-state index is 9.76. The highest BCUT2D eigenvalue weighted by Crippen LogP contribution is 2.43. The second-order valence-electron chi connectivity index (χ2n) is 6.45. The number of rotatable bonds is 5. The molecule has 0 saturated carbocycles. The van der Waals surface area contributed by atoms with Gasteiger partial charge in [-0.3, -0.25) is 4.98 Å². The summed E-state index contributed by atoms with van der Waals surface area (Å²) in [5.74, 6) is 1.30. The molecule has 144 valence electrons. The van der Waals surface area contributed by atoms with Crippen LogP contribution >= 0.6 is 0 Å². The zero-order chi connectivity index (χ0) is 20.4. The molecule has 4 aromatic rings. The van der Waals surface area contributed by atoms with Gasteiger partial charge >= 0.3 is 0 Å². The van der Waals surface area contributed by atoms with E-state index in [1.807, 2.05) is 36.5 Å². The average molecular weight is 384 g/mol. The molecule has 6 nitrogen and oxygen atoms in total. The molecule has 0 amide bonds. The van der Waals surface area contributed by atoms with Gasteiger partial charge in [0.25, 0.3) is 0 Å². The quantitative estimate of drug-likeness (QED) is 0.500. The maximum Gasteiger partial charge on any atom is 0.161 e. The Kier molecular flexibility index (Phi) is 4.88. The van der Waals surface area contributed by atoms with Gasteiger partial charge in [-0.25, -0.2) is 4.98 Å². The van der Waals surface area contributed by atoms with Gasteiger partial charge in [0.15, 0.2) is 11.5 Å². The van der Waals surface area contributed by atoms with Crippen molar-refractivity contribution in [2.24, 2.45) is 0 Å². The molecule has 0 N–H and O–H groups in total. The molecule has 0 aliphatic heterocycles. The normalized spacial score (nSPS) is 10.7. The second kappa shape index (κ2) is 7.64. The third-order valence-electron chi connectivity index (χ3n) is 4.99. The predicted octanol–water partition coefficient (Wildman–Crippen LogP) is 4.67. The lowest BCUT2D eigenvalue weighted by atomic mass is 9.98. The van der Waals surface area contributed by atoms with E-state index in [1.54, 1.807) is 32.7 Å². The van der Waals surface area contributed by atoms with Crippen LogP contribution in [0.3, 0.4) is 0 Å². The fraction of sp³-hybridized carbons (Fsp3) is 0.174. The van der Waals surface area contributed by atoms with Crippen LogP contribution in [-0.2, 0) is 6.54 Å². The lowest BCUT2D eigenvalue weighted by molar-refractivity contribution is 0.355. The monoisotopic (exact) mass is 384 g/mol. The summed E-state index contributed by atoms with van der Waals surface area (Å²) in [6.07, 6.45) is 5.23. The zero-order valence-corrected chi connectivity index (χ0v) is 16.5. The molecular weight excluding hydrogens is 364 g/mol. The summed E-state index contributed by atoms with van der Waals surface area (Å²) in [6.45, 7) is 2.76. The minimum absolute atomic E-state index is 0.586. The second-order valence-corrected chi connectivity index (χ2v) is 6.45. The Morgan fingerprint density at radius 1 is 1.03 bits per heavy atom. The first kappa shape index (κ1) is 18.5. The Bertz CT molecular complexity index is 1220. The molecule has 0 radical (unpaired) electrons. The molecule has 0 fully saturated rings. The molecule has 0 atom stereocenters. The standard InChI is InChI=1S/C23H20N4O2/c1-4-27-22(15-7-8-18(28-2)19(12-15)29-3)20(17-6-5-10-25-14-17)21-16(13-24)9-11-26-23(21)27/h5-12,14H,4H2,1-3H3. The summed E-state index contributed by atoms with van der Waals surface area (Å²) in [6, 6.07) is 13.8. The maximum absolute atomic E-state index is 9.76. The number of fused-ring (bicyclic) bond motifs is 1. The fourth-order valence-electron chi connectivity index (χ4n) is 3.74. The molecular formula is C23H20N4O2. The van der Waals surface area contributed by atoms with E-state index in [0.29, 0.717) is 23.6 Å². The summed E-state index contributed by atoms with van der Waals surface area (Å²) < 4.78 is 13.0. The van der Waals surface area contributed by atoms with Crippen molar-refractivity contribution >= 4 is 11.0 Å². The average Bonchev–Trinajstić information content (AvgIpc) is 3.13. The van der Waals surface area contributed by atoms with Crippen molar-refractivity contribution < 1.29 is 9.47 Å². The van der Waals surface area contributed by atoms with E-state index in [2.05, 4.69) is 27.5 Å². The van der Waals surface area contributed by atoms with Crippen LogP contribution in [0.25, 0.3) is 33.4 Å². The molecule has 3 aromatic heterocycles. The Labute approximate surface area is 169 Å². The summed E-state index contributed by atoms with van der Waals surface area (Å²) in [5, 5.41) is 10.6. The van der Waals surface area contributed by atoms with Crippen molar-refractivity contribution in [1.29, 1.82) is 5.26 Å². The Morgan fingerprint density at radius 2 is 1.86 bits per heavy atom. The Morgan fingerprint density at radius 3 is 2.52 bits per heavy atom. The number of pyridine rings is 2. The zero-order valence-electron chi connectivity index (χ0n) is 16.5. The SMILES string of the molecule is CCn1c(-c2ccc(OC)c(OC)c2)c(-c2cccnc2)c2c(C#N)ccnc21. The van der Waals surface area contributed by atoms with Crippen LogP contribution in [0, 0.1) is 11.3 Å². The van der Waals surface area contributed by atoms with Crippen molar-refractivity contribution in [3.63, 3.8) is 0 Å². The lowest BCUT2D eigenvalue weighted by Gasteiger charge is -2.13. The van der Waals surface area contributed by atoms with Crippen LogP contribution in [0.15, 0.2) is 55.0 Å². The van der Waals surface area contributed by atoms with Gasteiger partial charge in [0.05, 0.1) is 31.5 Å². The molecule has 6 heteroatoms. The first-order chi connectivity index (χ1) is 14.2. The highest BCUT2D eigenvalue weighted by molar-refractivity contribution is 6.05. The molecule has 0 aliphatic rings. The highest BCUT2D eigenvalue weighted by atomic mass is 16.5. The fourth-order valence-corrected chi connectivity index (χ4v) is 3.74. The van der Waals surface area contributed by atoms with E-state index >= 15 is 0 Å². The molecule has 1 aromatic carbocycles. The predicted molar refractivity (Wildman–Crippen MR) is 112 cm³/mol. The van der Waals surface area contributed by atoms with E-state index in [1.165, 1.54) is 0 Å². The number of hydrogen-bond donors (Lipinski definition) is 0. The van der Waals surface area contributed by atoms with E-state index in [9.17, 15) is 5.26 Å². The molecule has 0 unspecified atom stereocenters. The van der Waals surface area contributed by atoms with Crippen LogP contribution in [0.4, 0.5) is 0 Å². The molecule has 0 aliphatic carbocycles. The lowest BCUT2D eigenvalue weighted by Crippen LogP contribution is -1.99. The number of aryl methyl sites for hydroxylation is 1. The van der Waals surface area contributed by atoms with E-state index < -0.39 is 0 Å². The van der Waals surface area contributed by atoms with Crippen LogP contribution < -0.4 is 9.47 Å². The number of hydrogen-bond acceptors (Lipinski definition) is 5. The molecule has 0 spiro atoms. The smallest absolute Gasteiger partial charge is 0.161 e. The van der Waals surface area contributed by atoms with Gasteiger partial charge in [-0.05, 0) is 37.3 Å². The van der Waals surface area contributed by atoms with Gasteiger partial charge < -0.3 is 14.0 Å². The Hall–Kier alpha value is -3.85. The minimum Gasteiger partial charge on any atom is -0.493 e. The van der Waals surface area contributed by atoms with Crippen LogP contribution in [0.1, 0.15) is 12.5 Å². The van der Waals surface area contributed by atoms with Crippen molar-refractivity contribution in [1.82, 2.24) is 14.5 Å². The third-order valence-corrected chi connectivity index (χ3v) is 4.99. The van der Waals surface area contributed by atoms with Gasteiger partial charge in [-0.15, -0.1) is 0 Å². The summed E-state index contributed by atoms with van der Waals surface area (Å²) in [7, 11) is 3.24.